The minimum Gasteiger partial charge on any atom is -0.351 e. The Morgan fingerprint density at radius 2 is 1.82 bits per heavy atom. The number of hydrogen-bond donors (Lipinski definition) is 0. The van der Waals surface area contributed by atoms with Gasteiger partial charge in [0, 0.05) is 6.66 Å². The van der Waals surface area contributed by atoms with E-state index < -0.39 is 15.9 Å². The van der Waals surface area contributed by atoms with Crippen LogP contribution in [0.1, 0.15) is 39.5 Å². The van der Waals surface area contributed by atoms with Gasteiger partial charge in [0.2, 0.25) is 0 Å². The lowest BCUT2D eigenvalue weighted by Crippen LogP contribution is -2.24. The molecule has 0 heterocycles. The van der Waals surface area contributed by atoms with E-state index in [1.165, 1.54) is 12.8 Å². The molecule has 0 aromatic carbocycles. The molecule has 0 spiro atoms. The molecule has 3 nitrogen and oxygen atoms in total. The summed E-state index contributed by atoms with van der Waals surface area (Å²) in [5, 5.41) is 0. The fraction of sp³-hybridized carbons (Fsp3) is 1.00. The zero-order valence-corrected chi connectivity index (χ0v) is 14.2. The molecule has 2 unspecified atom stereocenters. The van der Waals surface area contributed by atoms with Gasteiger partial charge in [0.25, 0.3) is 0 Å². The van der Waals surface area contributed by atoms with E-state index in [2.05, 4.69) is 13.8 Å². The van der Waals surface area contributed by atoms with Crippen LogP contribution in [0.3, 0.4) is 0 Å². The van der Waals surface area contributed by atoms with E-state index in [0.717, 1.165) is 12.8 Å². The highest BCUT2D eigenvalue weighted by molar-refractivity contribution is 7.54. The smallest absolute Gasteiger partial charge is 0.318 e. The summed E-state index contributed by atoms with van der Waals surface area (Å²) in [6, 6.07) is 0. The number of hydrogen-bond acceptors (Lipinski definition) is 3. The normalized spacial score (nSPS) is 17.8. The Morgan fingerprint density at radius 3 is 2.24 bits per heavy atom. The third-order valence-corrected chi connectivity index (χ3v) is 6.66. The van der Waals surface area contributed by atoms with E-state index in [9.17, 15) is 4.57 Å². The van der Waals surface area contributed by atoms with Crippen LogP contribution in [0.4, 0.5) is 0 Å². The first-order chi connectivity index (χ1) is 7.70. The SMILES string of the molecule is CCCCC(CC)COP(C)(=O)O[Si](C)(C)C. The maximum atomic E-state index is 12.1. The summed E-state index contributed by atoms with van der Waals surface area (Å²) in [7, 11) is -4.64. The van der Waals surface area contributed by atoms with E-state index >= 15 is 0 Å². The summed E-state index contributed by atoms with van der Waals surface area (Å²) >= 11 is 0. The van der Waals surface area contributed by atoms with E-state index in [-0.39, 0.29) is 0 Å². The molecule has 17 heavy (non-hydrogen) atoms. The van der Waals surface area contributed by atoms with Crippen LogP contribution >= 0.6 is 7.60 Å². The fourth-order valence-electron chi connectivity index (χ4n) is 1.66. The van der Waals surface area contributed by atoms with Crippen molar-refractivity contribution >= 4 is 15.9 Å². The first-order valence-corrected chi connectivity index (χ1v) is 12.0. The molecule has 0 amide bonds. The van der Waals surface area contributed by atoms with Gasteiger partial charge >= 0.3 is 7.60 Å². The van der Waals surface area contributed by atoms with Gasteiger partial charge in [-0.15, -0.1) is 0 Å². The molecule has 104 valence electrons. The van der Waals surface area contributed by atoms with Gasteiger partial charge in [-0.1, -0.05) is 33.1 Å². The molecule has 0 saturated carbocycles. The third kappa shape index (κ3) is 10.0. The molecule has 0 rings (SSSR count). The second-order valence-electron chi connectivity index (χ2n) is 5.69. The number of rotatable bonds is 9. The van der Waals surface area contributed by atoms with E-state index in [1.54, 1.807) is 6.66 Å². The van der Waals surface area contributed by atoms with Gasteiger partial charge in [-0.2, -0.15) is 0 Å². The van der Waals surface area contributed by atoms with E-state index in [1.807, 2.05) is 19.6 Å². The average Bonchev–Trinajstić information content (AvgIpc) is 2.14. The van der Waals surface area contributed by atoms with Crippen molar-refractivity contribution in [2.24, 2.45) is 5.92 Å². The lowest BCUT2D eigenvalue weighted by molar-refractivity contribution is 0.209. The quantitative estimate of drug-likeness (QED) is 0.445. The van der Waals surface area contributed by atoms with E-state index in [4.69, 9.17) is 8.74 Å². The Bertz CT molecular complexity index is 251. The third-order valence-electron chi connectivity index (χ3n) is 2.53. The molecule has 0 saturated heterocycles. The minimum atomic E-state index is -2.85. The van der Waals surface area contributed by atoms with Crippen LogP contribution in [-0.4, -0.2) is 21.6 Å². The van der Waals surface area contributed by atoms with Gasteiger partial charge < -0.3 is 8.74 Å². The summed E-state index contributed by atoms with van der Waals surface area (Å²) in [5.74, 6) is 0.508. The topological polar surface area (TPSA) is 35.5 Å². The molecule has 0 aromatic rings. The summed E-state index contributed by atoms with van der Waals surface area (Å²) < 4.78 is 23.2. The van der Waals surface area contributed by atoms with Gasteiger partial charge in [0.05, 0.1) is 6.61 Å². The van der Waals surface area contributed by atoms with Crippen LogP contribution in [0, 0.1) is 5.92 Å². The van der Waals surface area contributed by atoms with Crippen molar-refractivity contribution in [1.29, 1.82) is 0 Å². The first-order valence-electron chi connectivity index (χ1n) is 6.63. The Balaban J connectivity index is 4.10. The molecular formula is C12H29O3PSi. The lowest BCUT2D eigenvalue weighted by Gasteiger charge is -2.25. The average molecular weight is 280 g/mol. The largest absolute Gasteiger partial charge is 0.351 e. The molecule has 2 atom stereocenters. The Hall–Kier alpha value is 0.367. The summed E-state index contributed by atoms with van der Waals surface area (Å²) in [6.45, 7) is 12.6. The minimum absolute atomic E-state index is 0.508. The van der Waals surface area contributed by atoms with Crippen LogP contribution in [0.15, 0.2) is 0 Å². The highest BCUT2D eigenvalue weighted by Gasteiger charge is 2.27. The fourth-order valence-corrected chi connectivity index (χ4v) is 6.33. The molecule has 0 aromatic heterocycles. The van der Waals surface area contributed by atoms with E-state index in [0.29, 0.717) is 12.5 Å². The van der Waals surface area contributed by atoms with Crippen molar-refractivity contribution in [3.05, 3.63) is 0 Å². The number of unbranched alkanes of at least 4 members (excludes halogenated alkanes) is 1. The predicted molar refractivity (Wildman–Crippen MR) is 77.2 cm³/mol. The van der Waals surface area contributed by atoms with Gasteiger partial charge in [-0.05, 0) is 32.0 Å². The predicted octanol–water partition coefficient (Wildman–Crippen LogP) is 4.89. The van der Waals surface area contributed by atoms with Gasteiger partial charge in [-0.25, -0.2) is 0 Å². The summed E-state index contributed by atoms with van der Waals surface area (Å²) in [5.41, 5.74) is 0. The molecule has 0 aliphatic heterocycles. The standard InChI is InChI=1S/C12H29O3PSi/c1-7-9-10-12(8-2)11-14-16(3,13)15-17(4,5)6/h12H,7-11H2,1-6H3. The first kappa shape index (κ1) is 17.4. The van der Waals surface area contributed by atoms with Crippen molar-refractivity contribution in [2.45, 2.75) is 59.2 Å². The maximum Gasteiger partial charge on any atom is 0.318 e. The van der Waals surface area contributed by atoms with Gasteiger partial charge in [0.15, 0.2) is 8.32 Å². The second-order valence-corrected chi connectivity index (χ2v) is 12.4. The molecule has 5 heteroatoms. The Labute approximate surface area is 108 Å². The van der Waals surface area contributed by atoms with Crippen molar-refractivity contribution in [2.75, 3.05) is 13.3 Å². The zero-order valence-electron chi connectivity index (χ0n) is 12.3. The van der Waals surface area contributed by atoms with Crippen LogP contribution in [0.5, 0.6) is 0 Å². The zero-order chi connectivity index (χ0) is 13.5. The highest BCUT2D eigenvalue weighted by atomic mass is 31.2. The monoisotopic (exact) mass is 280 g/mol. The molecule has 0 bridgehead atoms. The van der Waals surface area contributed by atoms with Crippen molar-refractivity contribution in [1.82, 2.24) is 0 Å². The summed E-state index contributed by atoms with van der Waals surface area (Å²) in [6.07, 6.45) is 4.64. The van der Waals surface area contributed by atoms with Crippen molar-refractivity contribution in [3.8, 4) is 0 Å². The lowest BCUT2D eigenvalue weighted by atomic mass is 10.0. The Kier molecular flexibility index (Phi) is 7.89. The van der Waals surface area contributed by atoms with Crippen LogP contribution < -0.4 is 0 Å². The molecule has 0 aliphatic rings. The highest BCUT2D eigenvalue weighted by Crippen LogP contribution is 2.47. The molecule has 0 radical (unpaired) electrons. The van der Waals surface area contributed by atoms with Gasteiger partial charge in [0.1, 0.15) is 0 Å². The molecular weight excluding hydrogens is 251 g/mol. The Morgan fingerprint density at radius 1 is 1.24 bits per heavy atom. The second kappa shape index (κ2) is 7.73. The van der Waals surface area contributed by atoms with Crippen molar-refractivity contribution < 1.29 is 13.3 Å². The molecule has 0 fully saturated rings. The summed E-state index contributed by atoms with van der Waals surface area (Å²) in [4.78, 5) is 0. The van der Waals surface area contributed by atoms with Crippen molar-refractivity contribution in [3.63, 3.8) is 0 Å². The van der Waals surface area contributed by atoms with Crippen LogP contribution in [0.25, 0.3) is 0 Å². The molecule has 0 N–H and O–H groups in total. The van der Waals surface area contributed by atoms with Crippen LogP contribution in [-0.2, 0) is 13.3 Å². The maximum absolute atomic E-state index is 12.1. The molecule has 0 aliphatic carbocycles. The van der Waals surface area contributed by atoms with Crippen LogP contribution in [0.2, 0.25) is 19.6 Å². The van der Waals surface area contributed by atoms with Gasteiger partial charge in [-0.3, -0.25) is 4.57 Å².